The van der Waals surface area contributed by atoms with Crippen molar-refractivity contribution < 1.29 is 49.1 Å². The molecule has 2 aromatic rings. The van der Waals surface area contributed by atoms with Crippen molar-refractivity contribution in [3.63, 3.8) is 0 Å². The second-order valence-electron chi connectivity index (χ2n) is 10.2. The van der Waals surface area contributed by atoms with Gasteiger partial charge in [0.2, 0.25) is 10.0 Å². The molecule has 4 rings (SSSR count). The zero-order valence-corrected chi connectivity index (χ0v) is 23.1. The molecule has 1 aromatic carbocycles. The fourth-order valence-corrected chi connectivity index (χ4v) is 5.89. The maximum absolute atomic E-state index is 14.8. The minimum Gasteiger partial charge on any atom is -0.494 e. The first-order chi connectivity index (χ1) is 19.5. The third-order valence-corrected chi connectivity index (χ3v) is 8.77. The van der Waals surface area contributed by atoms with Crippen molar-refractivity contribution in [1.29, 1.82) is 0 Å². The van der Waals surface area contributed by atoms with Gasteiger partial charge in [0.25, 0.3) is 11.8 Å². The van der Waals surface area contributed by atoms with Crippen molar-refractivity contribution in [2.75, 3.05) is 6.61 Å². The number of halogens is 6. The zero-order valence-electron chi connectivity index (χ0n) is 22.3. The first-order valence-electron chi connectivity index (χ1n) is 13.0. The van der Waals surface area contributed by atoms with E-state index in [0.29, 0.717) is 19.3 Å². The predicted octanol–water partition coefficient (Wildman–Crippen LogP) is 4.26. The first kappa shape index (κ1) is 31.4. The molecule has 1 aromatic heterocycles. The number of rotatable bonds is 11. The Bertz CT molecular complexity index is 1460. The zero-order chi connectivity index (χ0) is 30.9. The molecule has 230 valence electrons. The van der Waals surface area contributed by atoms with Gasteiger partial charge in [-0.15, -0.1) is 0 Å². The Morgan fingerprint density at radius 1 is 1.10 bits per heavy atom. The minimum atomic E-state index is -5.08. The highest BCUT2D eigenvalue weighted by molar-refractivity contribution is 7.91. The van der Waals surface area contributed by atoms with Crippen LogP contribution in [0.2, 0.25) is 0 Å². The van der Waals surface area contributed by atoms with Gasteiger partial charge in [-0.25, -0.2) is 13.1 Å². The summed E-state index contributed by atoms with van der Waals surface area (Å²) in [6.45, 7) is 0.0488. The molecule has 2 N–H and O–H groups in total. The molecule has 2 amide bonds. The van der Waals surface area contributed by atoms with Crippen molar-refractivity contribution >= 4 is 27.4 Å². The average molecular weight is 623 g/mol. The van der Waals surface area contributed by atoms with E-state index in [1.165, 1.54) is 36.1 Å². The molecule has 42 heavy (non-hydrogen) atoms. The fraction of sp³-hybridized carbons (Fsp3) is 0.500. The van der Waals surface area contributed by atoms with Crippen molar-refractivity contribution in [2.45, 2.75) is 68.1 Å². The van der Waals surface area contributed by atoms with Crippen molar-refractivity contribution in [3.8, 4) is 5.75 Å². The summed E-state index contributed by atoms with van der Waals surface area (Å²) in [7, 11) is -2.64. The molecule has 0 unspecified atom stereocenters. The quantitative estimate of drug-likeness (QED) is 0.220. The lowest BCUT2D eigenvalue weighted by molar-refractivity contribution is -0.202. The van der Waals surface area contributed by atoms with E-state index in [2.05, 4.69) is 5.10 Å². The highest BCUT2D eigenvalue weighted by Gasteiger charge is 2.60. The number of carbonyl (C=O) groups excluding carboxylic acids is 2. The number of amides is 2. The number of benzene rings is 1. The van der Waals surface area contributed by atoms with Gasteiger partial charge in [0.05, 0.1) is 17.6 Å². The number of nitrogens with zero attached hydrogens (tertiary/aromatic N) is 2. The first-order valence-corrected chi connectivity index (χ1v) is 14.6. The predicted molar refractivity (Wildman–Crippen MR) is 137 cm³/mol. The molecule has 1 fully saturated rings. The van der Waals surface area contributed by atoms with E-state index < -0.39 is 63.4 Å². The average Bonchev–Trinajstić information content (AvgIpc) is 3.66. The molecule has 1 aliphatic heterocycles. The van der Waals surface area contributed by atoms with Crippen LogP contribution in [0.25, 0.3) is 5.57 Å². The molecule has 2 heterocycles. The Morgan fingerprint density at radius 3 is 2.31 bits per heavy atom. The molecule has 0 spiro atoms. The molecule has 0 saturated heterocycles. The Balaban J connectivity index is 1.60. The second kappa shape index (κ2) is 11.6. The fourth-order valence-electron chi connectivity index (χ4n) is 4.61. The number of nitrogens with one attached hydrogen (secondary N) is 2. The van der Waals surface area contributed by atoms with Gasteiger partial charge in [0.15, 0.2) is 5.54 Å². The summed E-state index contributed by atoms with van der Waals surface area (Å²) >= 11 is 0. The topological polar surface area (TPSA) is 119 Å². The summed E-state index contributed by atoms with van der Waals surface area (Å²) in [6, 6.07) is 5.96. The summed E-state index contributed by atoms with van der Waals surface area (Å²) in [5.74, 6) is -2.61. The van der Waals surface area contributed by atoms with Gasteiger partial charge in [0.1, 0.15) is 11.3 Å². The van der Waals surface area contributed by atoms with Crippen LogP contribution in [0.1, 0.15) is 56.2 Å². The lowest BCUT2D eigenvalue weighted by Crippen LogP contribution is -2.60. The number of hydrogen-bond acceptors (Lipinski definition) is 6. The number of ether oxygens (including phenoxy) is 1. The Morgan fingerprint density at radius 2 is 1.76 bits per heavy atom. The van der Waals surface area contributed by atoms with Gasteiger partial charge in [-0.05, 0) is 55.9 Å². The monoisotopic (exact) mass is 622 g/mol. The smallest absolute Gasteiger partial charge is 0.416 e. The van der Waals surface area contributed by atoms with Crippen molar-refractivity contribution in [2.24, 2.45) is 7.05 Å². The summed E-state index contributed by atoms with van der Waals surface area (Å²) < 4.78 is 114. The standard InChI is InChI=1S/C26H28F6N4O5S/c1-36-13-11-20(34-36)19-15-24(26(30,31)32,33-22(37)21(19)23(38)35-42(39,40)18-9-10-18)16-5-7-17(8-6-16)41-14-4-2-3-12-25(27,28)29/h5-8,11,13,18H,2-4,9-10,12,14-15H2,1H3,(H,33,37)(H,35,38)/t24-/m0/s1. The Hall–Kier alpha value is -3.56. The van der Waals surface area contributed by atoms with Crippen LogP contribution >= 0.6 is 0 Å². The van der Waals surface area contributed by atoms with Crippen LogP contribution in [0.3, 0.4) is 0 Å². The molecule has 1 aliphatic carbocycles. The van der Waals surface area contributed by atoms with Crippen LogP contribution in [-0.2, 0) is 32.2 Å². The number of unbranched alkanes of at least 4 members (excludes halogenated alkanes) is 2. The molecule has 1 saturated carbocycles. The van der Waals surface area contributed by atoms with Crippen LogP contribution in [0.5, 0.6) is 5.75 Å². The van der Waals surface area contributed by atoms with Gasteiger partial charge in [-0.1, -0.05) is 12.1 Å². The van der Waals surface area contributed by atoms with Gasteiger partial charge in [-0.2, -0.15) is 31.4 Å². The normalized spacial score (nSPS) is 19.9. The highest BCUT2D eigenvalue weighted by Crippen LogP contribution is 2.48. The van der Waals surface area contributed by atoms with Gasteiger partial charge in [-0.3, -0.25) is 14.3 Å². The lowest BCUT2D eigenvalue weighted by atomic mass is 9.77. The molecule has 0 radical (unpaired) electrons. The van der Waals surface area contributed by atoms with Crippen molar-refractivity contribution in [1.82, 2.24) is 19.8 Å². The van der Waals surface area contributed by atoms with E-state index >= 15 is 0 Å². The number of sulfonamides is 1. The van der Waals surface area contributed by atoms with E-state index in [-0.39, 0.29) is 42.0 Å². The van der Waals surface area contributed by atoms with Crippen molar-refractivity contribution in [3.05, 3.63) is 53.4 Å². The molecular formula is C26H28F6N4O5S. The highest BCUT2D eigenvalue weighted by atomic mass is 32.2. The summed E-state index contributed by atoms with van der Waals surface area (Å²) in [5, 5.41) is 5.16. The van der Waals surface area contributed by atoms with Crippen LogP contribution in [0.15, 0.2) is 42.1 Å². The second-order valence-corrected chi connectivity index (χ2v) is 12.2. The van der Waals surface area contributed by atoms with E-state index in [1.54, 1.807) is 4.72 Å². The number of aryl methyl sites for hydroxylation is 1. The van der Waals surface area contributed by atoms with Gasteiger partial charge in [0, 0.05) is 31.7 Å². The van der Waals surface area contributed by atoms with Crippen LogP contribution in [0.4, 0.5) is 26.3 Å². The number of hydrogen-bond donors (Lipinski definition) is 2. The van der Waals surface area contributed by atoms with E-state index in [9.17, 15) is 44.3 Å². The lowest BCUT2D eigenvalue weighted by Gasteiger charge is -2.41. The molecule has 2 aliphatic rings. The summed E-state index contributed by atoms with van der Waals surface area (Å²) in [5.41, 5.74) is -4.69. The molecule has 9 nitrogen and oxygen atoms in total. The van der Waals surface area contributed by atoms with E-state index in [0.717, 1.165) is 12.1 Å². The van der Waals surface area contributed by atoms with E-state index in [1.807, 2.05) is 5.32 Å². The Kier molecular flexibility index (Phi) is 8.67. The van der Waals surface area contributed by atoms with Crippen LogP contribution < -0.4 is 14.8 Å². The Labute approximate surface area is 237 Å². The number of aromatic nitrogens is 2. The molecule has 0 bridgehead atoms. The molecule has 16 heteroatoms. The third kappa shape index (κ3) is 7.07. The largest absolute Gasteiger partial charge is 0.494 e. The minimum absolute atomic E-state index is 0.0488. The summed E-state index contributed by atoms with van der Waals surface area (Å²) in [6.07, 6.45) is -8.69. The van der Waals surface area contributed by atoms with Gasteiger partial charge < -0.3 is 10.1 Å². The maximum Gasteiger partial charge on any atom is 0.416 e. The maximum atomic E-state index is 14.8. The SMILES string of the molecule is Cn1ccc(C2=C(C(=O)NS(=O)(=O)C3CC3)C(=O)N[C@@](c3ccc(OCCCCCC(F)(F)F)cc3)(C(F)(F)F)C2)n1. The van der Waals surface area contributed by atoms with Gasteiger partial charge >= 0.3 is 12.4 Å². The van der Waals surface area contributed by atoms with Crippen LogP contribution in [-0.4, -0.2) is 54.2 Å². The van der Waals surface area contributed by atoms with E-state index in [4.69, 9.17) is 4.74 Å². The molecular weight excluding hydrogens is 594 g/mol. The molecule has 1 atom stereocenters. The number of carbonyl (C=O) groups is 2. The number of alkyl halides is 6. The third-order valence-electron chi connectivity index (χ3n) is 6.95. The summed E-state index contributed by atoms with van der Waals surface area (Å²) in [4.78, 5) is 26.2. The van der Waals surface area contributed by atoms with Crippen LogP contribution in [0, 0.1) is 0 Å².